The summed E-state index contributed by atoms with van der Waals surface area (Å²) in [7, 11) is 0. The molecule has 0 fully saturated rings. The average Bonchev–Trinajstić information content (AvgIpc) is 2.22. The maximum atomic E-state index is 13.0. The van der Waals surface area contributed by atoms with E-state index in [0.717, 1.165) is 6.07 Å². The van der Waals surface area contributed by atoms with Crippen LogP contribution in [0.5, 0.6) is 5.75 Å². The molecule has 0 spiro atoms. The lowest BCUT2D eigenvalue weighted by molar-refractivity contribution is -0.143. The lowest BCUT2D eigenvalue weighted by atomic mass is 10.0. The van der Waals surface area contributed by atoms with E-state index >= 15 is 0 Å². The first-order valence-corrected chi connectivity index (χ1v) is 4.94. The topological polar surface area (TPSA) is 72.5 Å². The van der Waals surface area contributed by atoms with E-state index in [1.54, 1.807) is 6.92 Å². The van der Waals surface area contributed by atoms with Gasteiger partial charge in [0.15, 0.2) is 11.6 Å². The number of rotatable bonds is 4. The molecule has 0 aromatic heterocycles. The molecule has 0 saturated heterocycles. The molecule has 16 heavy (non-hydrogen) atoms. The number of halogens is 1. The maximum Gasteiger partial charge on any atom is 0.307 e. The first-order chi connectivity index (χ1) is 7.54. The summed E-state index contributed by atoms with van der Waals surface area (Å²) < 4.78 is 17.7. The molecule has 0 aliphatic heterocycles. The zero-order valence-electron chi connectivity index (χ0n) is 8.94. The summed E-state index contributed by atoms with van der Waals surface area (Å²) in [6.07, 6.45) is -0.0158. The summed E-state index contributed by atoms with van der Waals surface area (Å²) in [4.78, 5) is 11.1. The van der Waals surface area contributed by atoms with Crippen molar-refractivity contribution in [2.24, 2.45) is 5.73 Å². The van der Waals surface area contributed by atoms with Crippen LogP contribution >= 0.6 is 0 Å². The quantitative estimate of drug-likeness (QED) is 0.764. The molecule has 3 N–H and O–H groups in total. The Morgan fingerprint density at radius 1 is 1.62 bits per heavy atom. The van der Waals surface area contributed by atoms with Crippen LogP contribution in [-0.2, 0) is 9.53 Å². The minimum atomic E-state index is -0.753. The molecule has 0 saturated carbocycles. The normalized spacial score (nSPS) is 12.2. The van der Waals surface area contributed by atoms with Gasteiger partial charge in [0.05, 0.1) is 13.0 Å². The zero-order valence-corrected chi connectivity index (χ0v) is 8.94. The standard InChI is InChI=1S/C11H14FNO3/c1-2-16-11(15)6-9(13)7-3-4-10(14)8(12)5-7/h3-5,9,14H,2,6,13H2,1H3/t9-/m1/s1. The molecular weight excluding hydrogens is 213 g/mol. The highest BCUT2D eigenvalue weighted by Crippen LogP contribution is 2.21. The third-order valence-corrected chi connectivity index (χ3v) is 2.09. The minimum Gasteiger partial charge on any atom is -0.505 e. The van der Waals surface area contributed by atoms with E-state index < -0.39 is 23.6 Å². The predicted octanol–water partition coefficient (Wildman–Crippen LogP) is 1.48. The number of ether oxygens (including phenoxy) is 1. The van der Waals surface area contributed by atoms with Gasteiger partial charge in [-0.25, -0.2) is 4.39 Å². The molecule has 1 atom stereocenters. The second-order valence-electron chi connectivity index (χ2n) is 3.33. The lowest BCUT2D eigenvalue weighted by Crippen LogP contribution is -2.17. The first-order valence-electron chi connectivity index (χ1n) is 4.94. The third-order valence-electron chi connectivity index (χ3n) is 2.09. The highest BCUT2D eigenvalue weighted by atomic mass is 19.1. The van der Waals surface area contributed by atoms with Crippen molar-refractivity contribution in [3.05, 3.63) is 29.6 Å². The number of phenolic OH excluding ortho intramolecular Hbond substituents is 1. The number of aromatic hydroxyl groups is 1. The third kappa shape index (κ3) is 3.20. The Kier molecular flexibility index (Phi) is 4.25. The van der Waals surface area contributed by atoms with E-state index in [9.17, 15) is 9.18 Å². The van der Waals surface area contributed by atoms with Crippen molar-refractivity contribution >= 4 is 5.97 Å². The van der Waals surface area contributed by atoms with Crippen LogP contribution in [0.3, 0.4) is 0 Å². The van der Waals surface area contributed by atoms with Gasteiger partial charge in [-0.15, -0.1) is 0 Å². The summed E-state index contributed by atoms with van der Waals surface area (Å²) in [6.45, 7) is 1.99. The van der Waals surface area contributed by atoms with E-state index in [4.69, 9.17) is 15.6 Å². The molecule has 0 amide bonds. The molecule has 5 heteroatoms. The van der Waals surface area contributed by atoms with E-state index in [-0.39, 0.29) is 13.0 Å². The van der Waals surface area contributed by atoms with Gasteiger partial charge in [-0.05, 0) is 24.6 Å². The summed E-state index contributed by atoms with van der Waals surface area (Å²) in [5.74, 6) is -1.62. The molecule has 0 unspecified atom stereocenters. The second-order valence-corrected chi connectivity index (χ2v) is 3.33. The highest BCUT2D eigenvalue weighted by Gasteiger charge is 2.14. The Hall–Kier alpha value is -1.62. The molecule has 1 aromatic rings. The van der Waals surface area contributed by atoms with E-state index in [1.165, 1.54) is 12.1 Å². The Balaban J connectivity index is 2.69. The van der Waals surface area contributed by atoms with Crippen molar-refractivity contribution < 1.29 is 19.0 Å². The van der Waals surface area contributed by atoms with Crippen LogP contribution in [0.25, 0.3) is 0 Å². The van der Waals surface area contributed by atoms with Crippen molar-refractivity contribution in [1.82, 2.24) is 0 Å². The molecule has 0 aliphatic carbocycles. The molecule has 0 heterocycles. The van der Waals surface area contributed by atoms with Gasteiger partial charge in [-0.2, -0.15) is 0 Å². The molecule has 1 aromatic carbocycles. The van der Waals surface area contributed by atoms with Gasteiger partial charge < -0.3 is 15.6 Å². The number of carbonyl (C=O) groups is 1. The van der Waals surface area contributed by atoms with Gasteiger partial charge >= 0.3 is 5.97 Å². The zero-order chi connectivity index (χ0) is 12.1. The number of hydrogen-bond acceptors (Lipinski definition) is 4. The van der Waals surface area contributed by atoms with Crippen LogP contribution in [0.2, 0.25) is 0 Å². The average molecular weight is 227 g/mol. The Labute approximate surface area is 92.8 Å². The van der Waals surface area contributed by atoms with Crippen LogP contribution in [-0.4, -0.2) is 17.7 Å². The van der Waals surface area contributed by atoms with E-state index in [2.05, 4.69) is 0 Å². The second kappa shape index (κ2) is 5.46. The fraction of sp³-hybridized carbons (Fsp3) is 0.364. The number of carbonyl (C=O) groups excluding carboxylic acids is 1. The highest BCUT2D eigenvalue weighted by molar-refractivity contribution is 5.70. The fourth-order valence-electron chi connectivity index (χ4n) is 1.27. The molecule has 0 radical (unpaired) electrons. The van der Waals surface area contributed by atoms with Gasteiger partial charge in [0.2, 0.25) is 0 Å². The van der Waals surface area contributed by atoms with Gasteiger partial charge in [0, 0.05) is 6.04 Å². The van der Waals surface area contributed by atoms with Crippen molar-refractivity contribution in [3.8, 4) is 5.75 Å². The molecule has 88 valence electrons. The first kappa shape index (κ1) is 12.4. The Bertz CT molecular complexity index is 381. The van der Waals surface area contributed by atoms with Crippen molar-refractivity contribution in [1.29, 1.82) is 0 Å². The SMILES string of the molecule is CCOC(=O)C[C@@H](N)c1ccc(O)c(F)c1. The summed E-state index contributed by atoms with van der Waals surface area (Å²) in [6, 6.07) is 3.16. The number of nitrogens with two attached hydrogens (primary N) is 1. The largest absolute Gasteiger partial charge is 0.505 e. The summed E-state index contributed by atoms with van der Waals surface area (Å²) in [5, 5.41) is 8.98. The van der Waals surface area contributed by atoms with Crippen LogP contribution in [0.15, 0.2) is 18.2 Å². The van der Waals surface area contributed by atoms with Gasteiger partial charge in [0.25, 0.3) is 0 Å². The molecule has 4 nitrogen and oxygen atoms in total. The number of phenols is 1. The number of benzene rings is 1. The van der Waals surface area contributed by atoms with E-state index in [0.29, 0.717) is 5.56 Å². The molecular formula is C11H14FNO3. The smallest absolute Gasteiger partial charge is 0.307 e. The number of hydrogen-bond donors (Lipinski definition) is 2. The van der Waals surface area contributed by atoms with Gasteiger partial charge in [-0.1, -0.05) is 6.07 Å². The lowest BCUT2D eigenvalue weighted by Gasteiger charge is -2.11. The van der Waals surface area contributed by atoms with Crippen LogP contribution in [0.4, 0.5) is 4.39 Å². The predicted molar refractivity (Wildman–Crippen MR) is 56.2 cm³/mol. The molecule has 0 aliphatic rings. The Morgan fingerprint density at radius 3 is 2.88 bits per heavy atom. The van der Waals surface area contributed by atoms with Crippen molar-refractivity contribution in [2.45, 2.75) is 19.4 Å². The van der Waals surface area contributed by atoms with Crippen LogP contribution in [0.1, 0.15) is 24.9 Å². The molecule has 0 bridgehead atoms. The summed E-state index contributed by atoms with van der Waals surface area (Å²) in [5.41, 5.74) is 6.14. The van der Waals surface area contributed by atoms with Gasteiger partial charge in [0.1, 0.15) is 0 Å². The van der Waals surface area contributed by atoms with E-state index in [1.807, 2.05) is 0 Å². The Morgan fingerprint density at radius 2 is 2.31 bits per heavy atom. The van der Waals surface area contributed by atoms with Crippen molar-refractivity contribution in [2.75, 3.05) is 6.61 Å². The van der Waals surface area contributed by atoms with Crippen LogP contribution in [0, 0.1) is 5.82 Å². The van der Waals surface area contributed by atoms with Crippen LogP contribution < -0.4 is 5.73 Å². The minimum absolute atomic E-state index is 0.0158. The molecule has 1 rings (SSSR count). The summed E-state index contributed by atoms with van der Waals surface area (Å²) >= 11 is 0. The fourth-order valence-corrected chi connectivity index (χ4v) is 1.27. The number of esters is 1. The van der Waals surface area contributed by atoms with Gasteiger partial charge in [-0.3, -0.25) is 4.79 Å². The maximum absolute atomic E-state index is 13.0. The monoisotopic (exact) mass is 227 g/mol. The van der Waals surface area contributed by atoms with Crippen molar-refractivity contribution in [3.63, 3.8) is 0 Å².